The van der Waals surface area contributed by atoms with E-state index in [2.05, 4.69) is 15.6 Å². The van der Waals surface area contributed by atoms with Crippen molar-refractivity contribution < 1.29 is 19.4 Å². The van der Waals surface area contributed by atoms with Gasteiger partial charge in [0.25, 0.3) is 0 Å². The van der Waals surface area contributed by atoms with Gasteiger partial charge in [-0.15, -0.1) is 0 Å². The topological polar surface area (TPSA) is 101 Å². The zero-order valence-corrected chi connectivity index (χ0v) is 15.1. The third-order valence-corrected chi connectivity index (χ3v) is 3.28. The van der Waals surface area contributed by atoms with E-state index < -0.39 is 5.97 Å². The smallest absolute Gasteiger partial charge is 0.335 e. The van der Waals surface area contributed by atoms with E-state index in [0.717, 1.165) is 5.56 Å². The van der Waals surface area contributed by atoms with Crippen LogP contribution in [0.3, 0.4) is 0 Å². The van der Waals surface area contributed by atoms with Crippen LogP contribution < -0.4 is 15.4 Å². The van der Waals surface area contributed by atoms with Crippen LogP contribution in [0.25, 0.3) is 0 Å². The summed E-state index contributed by atoms with van der Waals surface area (Å²) >= 11 is 0. The zero-order chi connectivity index (χ0) is 19.2. The van der Waals surface area contributed by atoms with Crippen molar-refractivity contribution >= 4 is 12.0 Å². The number of carboxylic acids is 1. The highest BCUT2D eigenvalue weighted by atomic mass is 16.5. The normalized spacial score (nSPS) is 10.9. The molecule has 0 fully saturated rings. The fraction of sp³-hybridized carbons (Fsp3) is 0.316. The molecule has 0 spiro atoms. The van der Waals surface area contributed by atoms with Gasteiger partial charge >= 0.3 is 12.0 Å². The number of aromatic nitrogens is 1. The van der Waals surface area contributed by atoms with Gasteiger partial charge in [0.1, 0.15) is 5.60 Å². The monoisotopic (exact) mass is 357 g/mol. The zero-order valence-electron chi connectivity index (χ0n) is 15.1. The van der Waals surface area contributed by atoms with E-state index in [9.17, 15) is 9.59 Å². The third-order valence-electron chi connectivity index (χ3n) is 3.28. The number of rotatable bonds is 6. The summed E-state index contributed by atoms with van der Waals surface area (Å²) in [5, 5.41) is 14.3. The number of carbonyl (C=O) groups excluding carboxylic acids is 1. The van der Waals surface area contributed by atoms with Gasteiger partial charge in [0.05, 0.1) is 17.8 Å². The average Bonchev–Trinajstić information content (AvgIpc) is 2.57. The molecule has 0 bridgehead atoms. The molecule has 7 nitrogen and oxygen atoms in total. The Morgan fingerprint density at radius 2 is 1.69 bits per heavy atom. The van der Waals surface area contributed by atoms with Crippen LogP contribution in [0.5, 0.6) is 5.88 Å². The first-order valence-corrected chi connectivity index (χ1v) is 8.22. The molecular weight excluding hydrogens is 334 g/mol. The predicted octanol–water partition coefficient (Wildman–Crippen LogP) is 2.96. The van der Waals surface area contributed by atoms with Gasteiger partial charge in [-0.3, -0.25) is 0 Å². The number of hydrogen-bond donors (Lipinski definition) is 3. The lowest BCUT2D eigenvalue weighted by atomic mass is 10.1. The molecule has 1 aromatic heterocycles. The molecule has 0 aliphatic heterocycles. The SMILES string of the molecule is CC(C)(C)Oc1cccc(CNC(=O)NCc2ccc(C(=O)O)cc2)n1. The van der Waals surface area contributed by atoms with Crippen LogP contribution in [0, 0.1) is 0 Å². The van der Waals surface area contributed by atoms with Gasteiger partial charge in [0.2, 0.25) is 5.88 Å². The molecule has 0 radical (unpaired) electrons. The van der Waals surface area contributed by atoms with Gasteiger partial charge in [-0.1, -0.05) is 18.2 Å². The van der Waals surface area contributed by atoms with E-state index in [0.29, 0.717) is 18.1 Å². The van der Waals surface area contributed by atoms with Crippen LogP contribution in [0.4, 0.5) is 4.79 Å². The average molecular weight is 357 g/mol. The van der Waals surface area contributed by atoms with Gasteiger partial charge < -0.3 is 20.5 Å². The Kier molecular flexibility index (Phi) is 6.16. The van der Waals surface area contributed by atoms with E-state index >= 15 is 0 Å². The first kappa shape index (κ1) is 19.2. The molecule has 2 rings (SSSR count). The van der Waals surface area contributed by atoms with Crippen LogP contribution >= 0.6 is 0 Å². The highest BCUT2D eigenvalue weighted by Gasteiger charge is 2.13. The lowest BCUT2D eigenvalue weighted by molar-refractivity contribution is 0.0696. The van der Waals surface area contributed by atoms with Crippen molar-refractivity contribution in [1.82, 2.24) is 15.6 Å². The maximum absolute atomic E-state index is 11.9. The maximum Gasteiger partial charge on any atom is 0.335 e. The minimum Gasteiger partial charge on any atom is -0.478 e. The molecule has 1 heterocycles. The van der Waals surface area contributed by atoms with Crippen molar-refractivity contribution in [3.05, 3.63) is 59.3 Å². The second-order valence-corrected chi connectivity index (χ2v) is 6.72. The Hall–Kier alpha value is -3.09. The second kappa shape index (κ2) is 8.33. The largest absolute Gasteiger partial charge is 0.478 e. The van der Waals surface area contributed by atoms with Crippen molar-refractivity contribution in [1.29, 1.82) is 0 Å². The van der Waals surface area contributed by atoms with Gasteiger partial charge in [0.15, 0.2) is 0 Å². The number of urea groups is 1. The lowest BCUT2D eigenvalue weighted by Crippen LogP contribution is -2.34. The fourth-order valence-corrected chi connectivity index (χ4v) is 2.11. The molecule has 0 atom stereocenters. The van der Waals surface area contributed by atoms with Crippen LogP contribution in [-0.2, 0) is 13.1 Å². The van der Waals surface area contributed by atoms with Crippen molar-refractivity contribution in [3.63, 3.8) is 0 Å². The van der Waals surface area contributed by atoms with Crippen molar-refractivity contribution in [2.75, 3.05) is 0 Å². The van der Waals surface area contributed by atoms with Crippen LogP contribution in [-0.4, -0.2) is 27.7 Å². The number of carboxylic acid groups (broad SMARTS) is 1. The number of benzene rings is 1. The maximum atomic E-state index is 11.9. The standard InChI is InChI=1S/C19H23N3O4/c1-19(2,3)26-16-6-4-5-15(22-16)12-21-18(25)20-11-13-7-9-14(10-8-13)17(23)24/h4-10H,11-12H2,1-3H3,(H,23,24)(H2,20,21,25). The van der Waals surface area contributed by atoms with Crippen LogP contribution in [0.1, 0.15) is 42.4 Å². The van der Waals surface area contributed by atoms with Gasteiger partial charge in [0, 0.05) is 12.6 Å². The summed E-state index contributed by atoms with van der Waals surface area (Å²) < 4.78 is 5.70. The fourth-order valence-electron chi connectivity index (χ4n) is 2.11. The van der Waals surface area contributed by atoms with E-state index in [1.165, 1.54) is 12.1 Å². The Morgan fingerprint density at radius 1 is 1.04 bits per heavy atom. The molecule has 0 unspecified atom stereocenters. The number of nitrogens with zero attached hydrogens (tertiary/aromatic N) is 1. The Balaban J connectivity index is 1.81. The summed E-state index contributed by atoms with van der Waals surface area (Å²) in [6.07, 6.45) is 0. The number of hydrogen-bond acceptors (Lipinski definition) is 4. The molecule has 138 valence electrons. The van der Waals surface area contributed by atoms with E-state index in [1.54, 1.807) is 24.3 Å². The molecule has 0 aliphatic rings. The van der Waals surface area contributed by atoms with Crippen molar-refractivity contribution in [2.45, 2.75) is 39.5 Å². The highest BCUT2D eigenvalue weighted by molar-refractivity contribution is 5.87. The molecule has 26 heavy (non-hydrogen) atoms. The van der Waals surface area contributed by atoms with Crippen LogP contribution in [0.15, 0.2) is 42.5 Å². The summed E-state index contributed by atoms with van der Waals surface area (Å²) in [5.41, 5.74) is 1.37. The molecule has 0 aliphatic carbocycles. The second-order valence-electron chi connectivity index (χ2n) is 6.72. The van der Waals surface area contributed by atoms with E-state index in [-0.39, 0.29) is 23.7 Å². The highest BCUT2D eigenvalue weighted by Crippen LogP contribution is 2.15. The Morgan fingerprint density at radius 3 is 2.31 bits per heavy atom. The number of ether oxygens (including phenoxy) is 1. The number of aromatic carboxylic acids is 1. The van der Waals surface area contributed by atoms with Gasteiger partial charge in [-0.2, -0.15) is 0 Å². The minimum absolute atomic E-state index is 0.210. The molecule has 2 aromatic rings. The number of carbonyl (C=O) groups is 2. The molecule has 1 aromatic carbocycles. The summed E-state index contributed by atoms with van der Waals surface area (Å²) in [5.74, 6) is -0.469. The molecular formula is C19H23N3O4. The minimum atomic E-state index is -0.979. The summed E-state index contributed by atoms with van der Waals surface area (Å²) in [6.45, 7) is 6.39. The first-order chi connectivity index (χ1) is 12.2. The number of pyridine rings is 1. The predicted molar refractivity (Wildman–Crippen MR) is 97.1 cm³/mol. The van der Waals surface area contributed by atoms with Gasteiger partial charge in [-0.05, 0) is 44.5 Å². The third kappa shape index (κ3) is 6.43. The molecule has 3 N–H and O–H groups in total. The molecule has 0 saturated carbocycles. The van der Waals surface area contributed by atoms with E-state index in [4.69, 9.17) is 9.84 Å². The summed E-state index contributed by atoms with van der Waals surface area (Å²) in [6, 6.07) is 11.4. The molecule has 0 saturated heterocycles. The van der Waals surface area contributed by atoms with Crippen LogP contribution in [0.2, 0.25) is 0 Å². The molecule has 7 heteroatoms. The Bertz CT molecular complexity index is 767. The quantitative estimate of drug-likeness (QED) is 0.738. The Labute approximate surface area is 152 Å². The van der Waals surface area contributed by atoms with Crippen molar-refractivity contribution in [3.8, 4) is 5.88 Å². The van der Waals surface area contributed by atoms with E-state index in [1.807, 2.05) is 26.8 Å². The summed E-state index contributed by atoms with van der Waals surface area (Å²) in [4.78, 5) is 27.1. The number of nitrogens with one attached hydrogen (secondary N) is 2. The summed E-state index contributed by atoms with van der Waals surface area (Å²) in [7, 11) is 0. The van der Waals surface area contributed by atoms with Crippen molar-refractivity contribution in [2.24, 2.45) is 0 Å². The molecule has 2 amide bonds. The lowest BCUT2D eigenvalue weighted by Gasteiger charge is -2.20. The van der Waals surface area contributed by atoms with Gasteiger partial charge in [-0.25, -0.2) is 14.6 Å². The first-order valence-electron chi connectivity index (χ1n) is 8.22. The number of amides is 2.